The maximum absolute atomic E-state index is 13.1. The molecule has 2 amide bonds. The molecule has 0 aromatic heterocycles. The first kappa shape index (κ1) is 25.2. The molecule has 3 heterocycles. The van der Waals surface area contributed by atoms with E-state index in [0.717, 1.165) is 0 Å². The number of piperazine rings is 1. The van der Waals surface area contributed by atoms with Crippen LogP contribution >= 0.6 is 0 Å². The van der Waals surface area contributed by atoms with Crippen molar-refractivity contribution in [2.24, 2.45) is 5.92 Å². The first-order valence-corrected chi connectivity index (χ1v) is 12.9. The number of nitrogens with zero attached hydrogens (tertiary/aromatic N) is 4. The average molecular weight is 475 g/mol. The first-order chi connectivity index (χ1) is 14.9. The third kappa shape index (κ3) is 6.12. The van der Waals surface area contributed by atoms with Gasteiger partial charge >= 0.3 is 6.09 Å². The molecule has 3 saturated heterocycles. The number of amides is 2. The van der Waals surface area contributed by atoms with Crippen LogP contribution in [0.25, 0.3) is 0 Å². The van der Waals surface area contributed by atoms with Crippen molar-refractivity contribution in [3.63, 3.8) is 0 Å². The standard InChI is InChI=1S/C21H38N4O6S/c1-16-14-25(15-17(2)30-16)32(28,29)24-12-10-22(11-13-24)19(26)18-6-8-23(9-7-18)20(27)31-21(3,4)5/h16-18H,6-15H2,1-5H3. The summed E-state index contributed by atoms with van der Waals surface area (Å²) < 4.78 is 40.1. The maximum atomic E-state index is 13.1. The van der Waals surface area contributed by atoms with E-state index >= 15 is 0 Å². The molecule has 3 aliphatic rings. The van der Waals surface area contributed by atoms with E-state index in [4.69, 9.17) is 9.47 Å². The Bertz CT molecular complexity index is 773. The second-order valence-electron chi connectivity index (χ2n) is 10.0. The average Bonchev–Trinajstić information content (AvgIpc) is 2.71. The molecule has 0 spiro atoms. The smallest absolute Gasteiger partial charge is 0.410 e. The zero-order valence-corrected chi connectivity index (χ0v) is 20.8. The molecule has 3 aliphatic heterocycles. The van der Waals surface area contributed by atoms with Crippen molar-refractivity contribution in [1.82, 2.24) is 18.4 Å². The molecule has 0 aromatic carbocycles. The van der Waals surface area contributed by atoms with Gasteiger partial charge in [0.25, 0.3) is 10.2 Å². The molecule has 0 bridgehead atoms. The summed E-state index contributed by atoms with van der Waals surface area (Å²) in [4.78, 5) is 28.7. The Balaban J connectivity index is 1.48. The van der Waals surface area contributed by atoms with Crippen LogP contribution in [0.15, 0.2) is 0 Å². The Morgan fingerprint density at radius 3 is 1.88 bits per heavy atom. The third-order valence-corrected chi connectivity index (χ3v) is 8.05. The lowest BCUT2D eigenvalue weighted by molar-refractivity contribution is -0.138. The fraction of sp³-hybridized carbons (Fsp3) is 0.905. The highest BCUT2D eigenvalue weighted by molar-refractivity contribution is 7.86. The fourth-order valence-electron chi connectivity index (χ4n) is 4.52. The molecular formula is C21H38N4O6S. The molecular weight excluding hydrogens is 436 g/mol. The van der Waals surface area contributed by atoms with E-state index in [1.54, 1.807) is 9.80 Å². The molecule has 3 rings (SSSR count). The van der Waals surface area contributed by atoms with Gasteiger partial charge in [-0.2, -0.15) is 17.0 Å². The van der Waals surface area contributed by atoms with Crippen molar-refractivity contribution in [1.29, 1.82) is 0 Å². The van der Waals surface area contributed by atoms with E-state index in [2.05, 4.69) is 0 Å². The number of carbonyl (C=O) groups is 2. The summed E-state index contributed by atoms with van der Waals surface area (Å²) in [7, 11) is -3.57. The van der Waals surface area contributed by atoms with Crippen molar-refractivity contribution in [3.8, 4) is 0 Å². The van der Waals surface area contributed by atoms with Crippen LogP contribution in [0.3, 0.4) is 0 Å². The molecule has 0 radical (unpaired) electrons. The number of hydrogen-bond donors (Lipinski definition) is 0. The van der Waals surface area contributed by atoms with Gasteiger partial charge in [-0.1, -0.05) is 0 Å². The molecule has 10 nitrogen and oxygen atoms in total. The highest BCUT2D eigenvalue weighted by atomic mass is 32.2. The van der Waals surface area contributed by atoms with Gasteiger partial charge in [0, 0.05) is 58.3 Å². The number of carbonyl (C=O) groups excluding carboxylic acids is 2. The first-order valence-electron chi connectivity index (χ1n) is 11.5. The quantitative estimate of drug-likeness (QED) is 0.608. The molecule has 2 atom stereocenters. The SMILES string of the molecule is CC1CN(S(=O)(=O)N2CCN(C(=O)C3CCN(C(=O)OC(C)(C)C)CC3)CC2)CC(C)O1. The summed E-state index contributed by atoms with van der Waals surface area (Å²) in [5.41, 5.74) is -0.541. The van der Waals surface area contributed by atoms with Crippen molar-refractivity contribution in [3.05, 3.63) is 0 Å². The van der Waals surface area contributed by atoms with Gasteiger partial charge in [-0.3, -0.25) is 4.79 Å². The van der Waals surface area contributed by atoms with Crippen molar-refractivity contribution in [2.45, 2.75) is 65.3 Å². The molecule has 0 saturated carbocycles. The van der Waals surface area contributed by atoms with E-state index in [0.29, 0.717) is 65.2 Å². The molecule has 0 N–H and O–H groups in total. The summed E-state index contributed by atoms with van der Waals surface area (Å²) in [6.07, 6.45) is 0.583. The highest BCUT2D eigenvalue weighted by Gasteiger charge is 2.38. The third-order valence-electron chi connectivity index (χ3n) is 6.08. The Morgan fingerprint density at radius 2 is 1.38 bits per heavy atom. The minimum Gasteiger partial charge on any atom is -0.444 e. The highest BCUT2D eigenvalue weighted by Crippen LogP contribution is 2.24. The Labute approximate surface area is 192 Å². The minimum atomic E-state index is -3.57. The predicted molar refractivity (Wildman–Crippen MR) is 119 cm³/mol. The van der Waals surface area contributed by atoms with E-state index < -0.39 is 15.8 Å². The predicted octanol–water partition coefficient (Wildman–Crippen LogP) is 1.13. The summed E-state index contributed by atoms with van der Waals surface area (Å²) >= 11 is 0. The van der Waals surface area contributed by atoms with E-state index in [-0.39, 0.29) is 30.1 Å². The van der Waals surface area contributed by atoms with Crippen LogP contribution in [0.1, 0.15) is 47.5 Å². The maximum Gasteiger partial charge on any atom is 0.410 e. The lowest BCUT2D eigenvalue weighted by atomic mass is 9.95. The monoisotopic (exact) mass is 474 g/mol. The second-order valence-corrected chi connectivity index (χ2v) is 12.0. The normalized spacial score (nSPS) is 27.4. The zero-order valence-electron chi connectivity index (χ0n) is 19.9. The van der Waals surface area contributed by atoms with Gasteiger partial charge in [-0.25, -0.2) is 4.79 Å². The second kappa shape index (κ2) is 9.82. The number of ether oxygens (including phenoxy) is 2. The van der Waals surface area contributed by atoms with Crippen molar-refractivity contribution < 1.29 is 27.5 Å². The van der Waals surface area contributed by atoms with Gasteiger partial charge < -0.3 is 19.3 Å². The van der Waals surface area contributed by atoms with Gasteiger partial charge in [-0.15, -0.1) is 0 Å². The molecule has 0 aliphatic carbocycles. The summed E-state index contributed by atoms with van der Waals surface area (Å²) in [6.45, 7) is 12.3. The van der Waals surface area contributed by atoms with Crippen LogP contribution in [-0.2, 0) is 24.5 Å². The Kier molecular flexibility index (Phi) is 7.73. The van der Waals surface area contributed by atoms with Crippen LogP contribution in [0.4, 0.5) is 4.79 Å². The lowest BCUT2D eigenvalue weighted by Crippen LogP contribution is -2.58. The molecule has 3 fully saturated rings. The largest absolute Gasteiger partial charge is 0.444 e. The Morgan fingerprint density at radius 1 is 0.844 bits per heavy atom. The lowest BCUT2D eigenvalue weighted by Gasteiger charge is -2.41. The summed E-state index contributed by atoms with van der Waals surface area (Å²) in [5.74, 6) is -0.0858. The van der Waals surface area contributed by atoms with Gasteiger partial charge in [0.05, 0.1) is 12.2 Å². The van der Waals surface area contributed by atoms with E-state index in [9.17, 15) is 18.0 Å². The van der Waals surface area contributed by atoms with Crippen LogP contribution in [0.5, 0.6) is 0 Å². The van der Waals surface area contributed by atoms with Gasteiger partial charge in [0.1, 0.15) is 5.60 Å². The van der Waals surface area contributed by atoms with Crippen molar-refractivity contribution >= 4 is 22.2 Å². The van der Waals surface area contributed by atoms with Crippen LogP contribution in [0, 0.1) is 5.92 Å². The van der Waals surface area contributed by atoms with Crippen LogP contribution in [0.2, 0.25) is 0 Å². The zero-order chi connectivity index (χ0) is 23.7. The summed E-state index contributed by atoms with van der Waals surface area (Å²) in [5, 5.41) is 0. The van der Waals surface area contributed by atoms with E-state index in [1.165, 1.54) is 8.61 Å². The number of hydrogen-bond acceptors (Lipinski definition) is 6. The number of likely N-dealkylation sites (tertiary alicyclic amines) is 1. The molecule has 184 valence electrons. The fourth-order valence-corrected chi connectivity index (χ4v) is 6.26. The number of morpholine rings is 1. The Hall–Kier alpha value is -1.43. The molecule has 2 unspecified atom stereocenters. The van der Waals surface area contributed by atoms with Gasteiger partial charge in [-0.05, 0) is 47.5 Å². The molecule has 32 heavy (non-hydrogen) atoms. The van der Waals surface area contributed by atoms with Gasteiger partial charge in [0.2, 0.25) is 5.91 Å². The number of piperidine rings is 1. The van der Waals surface area contributed by atoms with E-state index in [1.807, 2.05) is 34.6 Å². The van der Waals surface area contributed by atoms with Crippen molar-refractivity contribution in [2.75, 3.05) is 52.4 Å². The number of rotatable bonds is 3. The topological polar surface area (TPSA) is 99.7 Å². The van der Waals surface area contributed by atoms with Crippen LogP contribution < -0.4 is 0 Å². The molecule has 11 heteroatoms. The minimum absolute atomic E-state index is 0.0551. The van der Waals surface area contributed by atoms with Crippen LogP contribution in [-0.4, -0.2) is 109 Å². The summed E-state index contributed by atoms with van der Waals surface area (Å²) in [6, 6.07) is 0. The molecule has 0 aromatic rings. The van der Waals surface area contributed by atoms with Gasteiger partial charge in [0.15, 0.2) is 0 Å².